The van der Waals surface area contributed by atoms with Crippen LogP contribution in [0.5, 0.6) is 0 Å². The summed E-state index contributed by atoms with van der Waals surface area (Å²) in [6.45, 7) is 2.85. The van der Waals surface area contributed by atoms with E-state index in [2.05, 4.69) is 21.3 Å². The maximum Gasteiger partial charge on any atom is 0.322 e. The lowest BCUT2D eigenvalue weighted by molar-refractivity contribution is -0.138. The zero-order valence-electron chi connectivity index (χ0n) is 22.2. The number of amides is 4. The fourth-order valence-electron chi connectivity index (χ4n) is 3.90. The van der Waals surface area contributed by atoms with Crippen LogP contribution in [0.25, 0.3) is 0 Å². The minimum atomic E-state index is -1.22. The number of rotatable bonds is 15. The summed E-state index contributed by atoms with van der Waals surface area (Å²) >= 11 is 0. The average Bonchev–Trinajstić information content (AvgIpc) is 2.91. The van der Waals surface area contributed by atoms with E-state index in [4.69, 9.17) is 10.8 Å². The molecule has 11 heteroatoms. The van der Waals surface area contributed by atoms with Gasteiger partial charge in [-0.3, -0.25) is 24.0 Å². The van der Waals surface area contributed by atoms with Crippen molar-refractivity contribution >= 4 is 29.6 Å². The summed E-state index contributed by atoms with van der Waals surface area (Å²) in [5.74, 6) is -3.58. The quantitative estimate of drug-likeness (QED) is 0.186. The predicted octanol–water partition coefficient (Wildman–Crippen LogP) is 0.132. The Balaban J connectivity index is 2.23. The topological polar surface area (TPSA) is 180 Å². The fraction of sp³-hybridized carbons (Fsp3) is 0.393. The van der Waals surface area contributed by atoms with E-state index in [0.717, 1.165) is 11.1 Å². The molecule has 0 aliphatic rings. The van der Waals surface area contributed by atoms with Crippen molar-refractivity contribution < 1.29 is 29.1 Å². The minimum absolute atomic E-state index is 0.000617. The monoisotopic (exact) mass is 539 g/mol. The van der Waals surface area contributed by atoms with Gasteiger partial charge in [-0.15, -0.1) is 0 Å². The Morgan fingerprint density at radius 2 is 1.18 bits per heavy atom. The lowest BCUT2D eigenvalue weighted by Crippen LogP contribution is -2.58. The smallest absolute Gasteiger partial charge is 0.322 e. The number of aliphatic carboxylic acids is 1. The van der Waals surface area contributed by atoms with Crippen LogP contribution in [0.1, 0.15) is 31.4 Å². The van der Waals surface area contributed by atoms with Crippen LogP contribution >= 0.6 is 0 Å². The number of carbonyl (C=O) groups is 5. The summed E-state index contributed by atoms with van der Waals surface area (Å²) in [5.41, 5.74) is 6.99. The summed E-state index contributed by atoms with van der Waals surface area (Å²) in [6.07, 6.45) is 0.557. The molecule has 0 unspecified atom stereocenters. The van der Waals surface area contributed by atoms with Gasteiger partial charge in [0.25, 0.3) is 0 Å². The van der Waals surface area contributed by atoms with Crippen LogP contribution in [0.2, 0.25) is 0 Å². The molecule has 2 aromatic rings. The largest absolute Gasteiger partial charge is 0.480 e. The summed E-state index contributed by atoms with van der Waals surface area (Å²) < 4.78 is 0. The number of nitrogens with one attached hydrogen (secondary N) is 4. The number of nitrogens with two attached hydrogens (primary N) is 1. The molecule has 0 heterocycles. The zero-order chi connectivity index (χ0) is 28.8. The highest BCUT2D eigenvalue weighted by Gasteiger charge is 2.30. The van der Waals surface area contributed by atoms with Crippen molar-refractivity contribution in [1.82, 2.24) is 21.3 Å². The van der Waals surface area contributed by atoms with Crippen molar-refractivity contribution in [3.8, 4) is 0 Å². The molecule has 0 aromatic heterocycles. The Morgan fingerprint density at radius 3 is 1.64 bits per heavy atom. The van der Waals surface area contributed by atoms with E-state index in [-0.39, 0.29) is 31.7 Å². The van der Waals surface area contributed by atoms with E-state index in [9.17, 15) is 24.0 Å². The third-order valence-electron chi connectivity index (χ3n) is 5.79. The Kier molecular flexibility index (Phi) is 12.6. The summed E-state index contributed by atoms with van der Waals surface area (Å²) in [7, 11) is 0. The molecule has 0 fully saturated rings. The second-order valence-corrected chi connectivity index (χ2v) is 9.57. The maximum atomic E-state index is 13.4. The molecule has 4 amide bonds. The van der Waals surface area contributed by atoms with E-state index in [0.29, 0.717) is 0 Å². The number of carboxylic acid groups (broad SMARTS) is 1. The van der Waals surface area contributed by atoms with Crippen LogP contribution in [0.15, 0.2) is 60.7 Å². The van der Waals surface area contributed by atoms with Crippen molar-refractivity contribution in [3.63, 3.8) is 0 Å². The Morgan fingerprint density at radius 1 is 0.718 bits per heavy atom. The van der Waals surface area contributed by atoms with Crippen molar-refractivity contribution in [2.75, 3.05) is 13.1 Å². The van der Waals surface area contributed by atoms with E-state index in [1.54, 1.807) is 24.3 Å². The SMILES string of the molecule is CC(C)C[C@H](NC(=O)[C@H](Cc1ccccc1)NC(=O)CN)C(=O)N[C@@H](Cc1ccccc1)C(=O)NCC(=O)O. The van der Waals surface area contributed by atoms with Crippen LogP contribution in [-0.4, -0.2) is 65.9 Å². The van der Waals surface area contributed by atoms with Crippen molar-refractivity contribution in [1.29, 1.82) is 0 Å². The maximum absolute atomic E-state index is 13.4. The molecule has 0 aliphatic carbocycles. The molecule has 11 nitrogen and oxygen atoms in total. The van der Waals surface area contributed by atoms with Gasteiger partial charge >= 0.3 is 5.97 Å². The van der Waals surface area contributed by atoms with Crippen molar-refractivity contribution in [2.45, 2.75) is 51.2 Å². The molecule has 0 aliphatic heterocycles. The summed E-state index contributed by atoms with van der Waals surface area (Å²) in [5, 5.41) is 19.3. The molecule has 0 saturated heterocycles. The normalized spacial score (nSPS) is 13.0. The molecule has 7 N–H and O–H groups in total. The number of hydrogen-bond acceptors (Lipinski definition) is 6. The van der Waals surface area contributed by atoms with Crippen molar-refractivity contribution in [3.05, 3.63) is 71.8 Å². The van der Waals surface area contributed by atoms with Gasteiger partial charge in [-0.25, -0.2) is 0 Å². The third kappa shape index (κ3) is 11.3. The number of hydrogen-bond donors (Lipinski definition) is 6. The highest BCUT2D eigenvalue weighted by atomic mass is 16.4. The summed E-state index contributed by atoms with van der Waals surface area (Å²) in [6, 6.07) is 15.0. The van der Waals surface area contributed by atoms with Gasteiger partial charge in [0, 0.05) is 12.8 Å². The van der Waals surface area contributed by atoms with Crippen LogP contribution in [0.4, 0.5) is 0 Å². The van der Waals surface area contributed by atoms with Gasteiger partial charge < -0.3 is 32.1 Å². The van der Waals surface area contributed by atoms with Crippen molar-refractivity contribution in [2.24, 2.45) is 11.7 Å². The second kappa shape index (κ2) is 15.9. The van der Waals surface area contributed by atoms with E-state index < -0.39 is 54.3 Å². The molecule has 0 radical (unpaired) electrons. The Bertz CT molecular complexity index is 1110. The first-order chi connectivity index (χ1) is 18.6. The lowest BCUT2D eigenvalue weighted by Gasteiger charge is -2.26. The van der Waals surface area contributed by atoms with E-state index >= 15 is 0 Å². The average molecular weight is 540 g/mol. The van der Waals surface area contributed by atoms with Crippen LogP contribution < -0.4 is 27.0 Å². The molecule has 2 rings (SSSR count). The molecular weight excluding hydrogens is 502 g/mol. The fourth-order valence-corrected chi connectivity index (χ4v) is 3.90. The standard InChI is InChI=1S/C28H37N5O6/c1-18(2)13-21(32-28(39)23(31-24(34)16-29)15-20-11-7-4-8-12-20)27(38)33-22(26(37)30-17-25(35)36)14-19-9-5-3-6-10-19/h3-12,18,21-23H,13-17,29H2,1-2H3,(H,30,37)(H,31,34)(H,32,39)(H,33,38)(H,35,36)/t21-,22-,23-/m0/s1. The van der Waals surface area contributed by atoms with Crippen LogP contribution in [-0.2, 0) is 36.8 Å². The molecular formula is C28H37N5O6. The highest BCUT2D eigenvalue weighted by molar-refractivity contribution is 5.95. The highest BCUT2D eigenvalue weighted by Crippen LogP contribution is 2.10. The number of carboxylic acids is 1. The van der Waals surface area contributed by atoms with Crippen LogP contribution in [0, 0.1) is 5.92 Å². The number of benzene rings is 2. The van der Waals surface area contributed by atoms with Gasteiger partial charge in [0.15, 0.2) is 0 Å². The Labute approximate surface area is 227 Å². The first-order valence-electron chi connectivity index (χ1n) is 12.8. The van der Waals surface area contributed by atoms with Gasteiger partial charge in [-0.2, -0.15) is 0 Å². The van der Waals surface area contributed by atoms with E-state index in [1.165, 1.54) is 0 Å². The van der Waals surface area contributed by atoms with Crippen LogP contribution in [0.3, 0.4) is 0 Å². The summed E-state index contributed by atoms with van der Waals surface area (Å²) in [4.78, 5) is 62.5. The molecule has 2 aromatic carbocycles. The first kappa shape index (κ1) is 31.0. The molecule has 0 saturated carbocycles. The van der Waals surface area contributed by atoms with Gasteiger partial charge in [-0.1, -0.05) is 74.5 Å². The minimum Gasteiger partial charge on any atom is -0.480 e. The zero-order valence-corrected chi connectivity index (χ0v) is 22.2. The molecule has 3 atom stereocenters. The van der Waals surface area contributed by atoms with E-state index in [1.807, 2.05) is 50.2 Å². The lowest BCUT2D eigenvalue weighted by atomic mass is 9.99. The first-order valence-corrected chi connectivity index (χ1v) is 12.8. The second-order valence-electron chi connectivity index (χ2n) is 9.57. The third-order valence-corrected chi connectivity index (χ3v) is 5.79. The Hall–Kier alpha value is -4.25. The molecule has 0 spiro atoms. The molecule has 39 heavy (non-hydrogen) atoms. The number of carbonyl (C=O) groups excluding carboxylic acids is 4. The van der Waals surface area contributed by atoms with Gasteiger partial charge in [0.2, 0.25) is 23.6 Å². The molecule has 210 valence electrons. The molecule has 0 bridgehead atoms. The van der Waals surface area contributed by atoms with Gasteiger partial charge in [-0.05, 0) is 23.5 Å². The van der Waals surface area contributed by atoms with Gasteiger partial charge in [0.05, 0.1) is 6.54 Å². The predicted molar refractivity (Wildman–Crippen MR) is 145 cm³/mol. The van der Waals surface area contributed by atoms with Gasteiger partial charge in [0.1, 0.15) is 24.7 Å².